The van der Waals surface area contributed by atoms with Crippen LogP contribution in [0.15, 0.2) is 41.2 Å². The number of amides is 3. The summed E-state index contributed by atoms with van der Waals surface area (Å²) in [5, 5.41) is 2.96. The van der Waals surface area contributed by atoms with E-state index in [2.05, 4.69) is 17.2 Å². The van der Waals surface area contributed by atoms with E-state index in [-0.39, 0.29) is 18.0 Å². The molecule has 3 amide bonds. The minimum atomic E-state index is -1.07. The molecule has 2 aliphatic rings. The minimum absolute atomic E-state index is 0.0142. The van der Waals surface area contributed by atoms with E-state index in [9.17, 15) is 14.4 Å². The average Bonchev–Trinajstić information content (AvgIpc) is 3.29. The summed E-state index contributed by atoms with van der Waals surface area (Å²) in [6, 6.07) is 10.4. The smallest absolute Gasteiger partial charge is 0.319 e. The molecule has 166 valence electrons. The van der Waals surface area contributed by atoms with Crippen molar-refractivity contribution in [2.45, 2.75) is 64.0 Å². The lowest BCUT2D eigenvalue weighted by Crippen LogP contribution is -2.44. The molecule has 3 heterocycles. The van der Waals surface area contributed by atoms with Gasteiger partial charge in [0.25, 0.3) is 11.5 Å². The summed E-state index contributed by atoms with van der Waals surface area (Å²) < 4.78 is 1.70. The summed E-state index contributed by atoms with van der Waals surface area (Å²) in [6.07, 6.45) is 6.32. The molecule has 3 aromatic rings. The molecule has 5 rings (SSSR count). The Labute approximate surface area is 190 Å². The van der Waals surface area contributed by atoms with Gasteiger partial charge in [0.2, 0.25) is 0 Å². The lowest BCUT2D eigenvalue weighted by Gasteiger charge is -2.27. The SMILES string of the molecule is CCCCC1(c2ccccc2)NC(=O)N(Cc2cc(=O)n3c4c(sc3n2)CCCC4)C1=O. The molecule has 1 aliphatic heterocycles. The lowest BCUT2D eigenvalue weighted by atomic mass is 9.85. The van der Waals surface area contributed by atoms with Gasteiger partial charge in [-0.1, -0.05) is 50.1 Å². The highest BCUT2D eigenvalue weighted by Gasteiger charge is 2.51. The number of hydrogen-bond acceptors (Lipinski definition) is 5. The molecule has 0 radical (unpaired) electrons. The number of benzene rings is 1. The molecule has 0 bridgehead atoms. The maximum Gasteiger partial charge on any atom is 0.325 e. The highest BCUT2D eigenvalue weighted by Crippen LogP contribution is 2.35. The molecule has 1 fully saturated rings. The van der Waals surface area contributed by atoms with Crippen LogP contribution in [0.25, 0.3) is 4.96 Å². The maximum atomic E-state index is 13.6. The van der Waals surface area contributed by atoms with E-state index in [1.165, 1.54) is 15.8 Å². The second-order valence-corrected chi connectivity index (χ2v) is 9.64. The van der Waals surface area contributed by atoms with Gasteiger partial charge in [-0.25, -0.2) is 9.78 Å². The Morgan fingerprint density at radius 1 is 1.12 bits per heavy atom. The molecule has 1 atom stereocenters. The number of nitrogens with one attached hydrogen (secondary N) is 1. The molecular weight excluding hydrogens is 424 g/mol. The average molecular weight is 451 g/mol. The number of fused-ring (bicyclic) bond motifs is 3. The fraction of sp³-hybridized carbons (Fsp3) is 0.417. The van der Waals surface area contributed by atoms with Crippen molar-refractivity contribution >= 4 is 28.2 Å². The van der Waals surface area contributed by atoms with Crippen molar-refractivity contribution in [2.75, 3.05) is 0 Å². The molecule has 7 nitrogen and oxygen atoms in total. The summed E-state index contributed by atoms with van der Waals surface area (Å²) in [4.78, 5) is 47.1. The number of carbonyl (C=O) groups excluding carboxylic acids is 2. The predicted octanol–water partition coefficient (Wildman–Crippen LogP) is 3.77. The first kappa shape index (κ1) is 20.9. The van der Waals surface area contributed by atoms with Crippen molar-refractivity contribution in [3.63, 3.8) is 0 Å². The van der Waals surface area contributed by atoms with Crippen molar-refractivity contribution in [3.8, 4) is 0 Å². The van der Waals surface area contributed by atoms with E-state index < -0.39 is 11.6 Å². The normalized spacial score (nSPS) is 20.6. The topological polar surface area (TPSA) is 83.8 Å². The van der Waals surface area contributed by atoms with Crippen LogP contribution in [0, 0.1) is 0 Å². The van der Waals surface area contributed by atoms with E-state index in [1.54, 1.807) is 15.7 Å². The van der Waals surface area contributed by atoms with Crippen molar-refractivity contribution in [1.82, 2.24) is 19.6 Å². The molecule has 1 unspecified atom stereocenters. The molecule has 1 N–H and O–H groups in total. The first-order chi connectivity index (χ1) is 15.5. The molecule has 1 aliphatic carbocycles. The Morgan fingerprint density at radius 3 is 2.69 bits per heavy atom. The van der Waals surface area contributed by atoms with E-state index in [1.807, 2.05) is 30.3 Å². The number of rotatable bonds is 6. The second-order valence-electron chi connectivity index (χ2n) is 8.58. The van der Waals surface area contributed by atoms with Gasteiger partial charge in [0.1, 0.15) is 5.54 Å². The first-order valence-corrected chi connectivity index (χ1v) is 12.1. The third-order valence-corrected chi connectivity index (χ3v) is 7.63. The number of aryl methyl sites for hydroxylation is 2. The van der Waals surface area contributed by atoms with Crippen molar-refractivity contribution in [2.24, 2.45) is 0 Å². The van der Waals surface area contributed by atoms with Gasteiger partial charge in [-0.3, -0.25) is 18.9 Å². The number of imide groups is 1. The molecular formula is C24H26N4O3S. The Balaban J connectivity index is 1.49. The highest BCUT2D eigenvalue weighted by atomic mass is 32.1. The number of thiazole rings is 1. The van der Waals surface area contributed by atoms with Crippen molar-refractivity contribution in [1.29, 1.82) is 0 Å². The Kier molecular flexibility index (Phi) is 5.33. The van der Waals surface area contributed by atoms with E-state index in [0.717, 1.165) is 49.8 Å². The zero-order chi connectivity index (χ0) is 22.3. The third-order valence-electron chi connectivity index (χ3n) is 6.48. The van der Waals surface area contributed by atoms with Gasteiger partial charge in [-0.15, -0.1) is 11.3 Å². The summed E-state index contributed by atoms with van der Waals surface area (Å²) >= 11 is 1.54. The van der Waals surface area contributed by atoms with Crippen LogP contribution in [0.1, 0.15) is 60.9 Å². The quantitative estimate of drug-likeness (QED) is 0.580. The number of nitrogens with zero attached hydrogens (tertiary/aromatic N) is 3. The molecule has 1 saturated heterocycles. The lowest BCUT2D eigenvalue weighted by molar-refractivity contribution is -0.132. The number of urea groups is 1. The van der Waals surface area contributed by atoms with Gasteiger partial charge < -0.3 is 5.32 Å². The maximum absolute atomic E-state index is 13.6. The first-order valence-electron chi connectivity index (χ1n) is 11.3. The Hall–Kier alpha value is -3.00. The molecule has 1 aromatic carbocycles. The van der Waals surface area contributed by atoms with Gasteiger partial charge in [-0.2, -0.15) is 0 Å². The van der Waals surface area contributed by atoms with Gasteiger partial charge in [0.15, 0.2) is 4.96 Å². The minimum Gasteiger partial charge on any atom is -0.319 e. The fourth-order valence-corrected chi connectivity index (χ4v) is 6.06. The van der Waals surface area contributed by atoms with Gasteiger partial charge in [-0.05, 0) is 37.7 Å². The summed E-state index contributed by atoms with van der Waals surface area (Å²) in [5.74, 6) is -0.283. The molecule has 8 heteroatoms. The van der Waals surface area contributed by atoms with E-state index in [4.69, 9.17) is 0 Å². The predicted molar refractivity (Wildman–Crippen MR) is 123 cm³/mol. The van der Waals surface area contributed by atoms with Crippen molar-refractivity contribution < 1.29 is 9.59 Å². The van der Waals surface area contributed by atoms with Crippen LogP contribution < -0.4 is 10.9 Å². The van der Waals surface area contributed by atoms with Gasteiger partial charge >= 0.3 is 6.03 Å². The van der Waals surface area contributed by atoms with E-state index >= 15 is 0 Å². The fourth-order valence-electron chi connectivity index (χ4n) is 4.83. The number of unbranched alkanes of at least 4 members (excludes halogenated alkanes) is 1. The monoisotopic (exact) mass is 450 g/mol. The number of hydrogen-bond donors (Lipinski definition) is 1. The Bertz CT molecular complexity index is 1250. The van der Waals surface area contributed by atoms with Crippen LogP contribution >= 0.6 is 11.3 Å². The highest BCUT2D eigenvalue weighted by molar-refractivity contribution is 7.17. The summed E-state index contributed by atoms with van der Waals surface area (Å²) in [6.45, 7) is 2.05. The van der Waals surface area contributed by atoms with Crippen LogP contribution in [0.4, 0.5) is 4.79 Å². The van der Waals surface area contributed by atoms with Gasteiger partial charge in [0, 0.05) is 16.6 Å². The van der Waals surface area contributed by atoms with E-state index in [0.29, 0.717) is 17.1 Å². The Morgan fingerprint density at radius 2 is 1.91 bits per heavy atom. The van der Waals surface area contributed by atoms with Crippen LogP contribution in [0.2, 0.25) is 0 Å². The summed E-state index contributed by atoms with van der Waals surface area (Å²) in [7, 11) is 0. The second kappa shape index (κ2) is 8.16. The standard InChI is InChI=1S/C24H26N4O3S/c1-2-3-13-24(16-9-5-4-6-10-16)21(30)27(22(31)26-24)15-17-14-20(29)28-18-11-7-8-12-19(18)32-23(28)25-17/h4-6,9-10,14H,2-3,7-8,11-13,15H2,1H3,(H,26,31). The molecule has 0 saturated carbocycles. The molecule has 0 spiro atoms. The van der Waals surface area contributed by atoms with Gasteiger partial charge in [0.05, 0.1) is 12.2 Å². The molecule has 32 heavy (non-hydrogen) atoms. The summed E-state index contributed by atoms with van der Waals surface area (Å²) in [5.41, 5.74) is 1.07. The third kappa shape index (κ3) is 3.33. The van der Waals surface area contributed by atoms with Crippen LogP contribution in [-0.2, 0) is 29.7 Å². The zero-order valence-electron chi connectivity index (χ0n) is 18.1. The zero-order valence-corrected chi connectivity index (χ0v) is 18.9. The van der Waals surface area contributed by atoms with Crippen molar-refractivity contribution in [3.05, 3.63) is 68.6 Å². The van der Waals surface area contributed by atoms with Crippen LogP contribution in [0.5, 0.6) is 0 Å². The number of aromatic nitrogens is 2. The van der Waals surface area contributed by atoms with Crippen LogP contribution in [0.3, 0.4) is 0 Å². The molecule has 2 aromatic heterocycles. The number of carbonyl (C=O) groups is 2. The van der Waals surface area contributed by atoms with Crippen LogP contribution in [-0.4, -0.2) is 26.2 Å². The largest absolute Gasteiger partial charge is 0.325 e.